The van der Waals surface area contributed by atoms with E-state index in [0.717, 1.165) is 17.3 Å². The van der Waals surface area contributed by atoms with Crippen LogP contribution in [0.4, 0.5) is 0 Å². The molecular formula is C25H39NiOP. The normalized spacial score (nSPS) is 12.1. The summed E-state index contributed by atoms with van der Waals surface area (Å²) < 4.78 is 0. The van der Waals surface area contributed by atoms with Crippen molar-refractivity contribution in [1.82, 2.24) is 0 Å². The van der Waals surface area contributed by atoms with Crippen molar-refractivity contribution < 1.29 is 21.6 Å². The summed E-state index contributed by atoms with van der Waals surface area (Å²) in [6.07, 6.45) is 2.80. The Balaban J connectivity index is 0.00000171. The van der Waals surface area contributed by atoms with E-state index in [1.807, 2.05) is 56.7 Å². The van der Waals surface area contributed by atoms with Crippen molar-refractivity contribution in [2.24, 2.45) is 0 Å². The molecule has 0 bridgehead atoms. The maximum absolute atomic E-state index is 11.9. The van der Waals surface area contributed by atoms with Gasteiger partial charge in [-0.3, -0.25) is 0 Å². The summed E-state index contributed by atoms with van der Waals surface area (Å²) >= 11 is 0. The third-order valence-corrected chi connectivity index (χ3v) is 9.23. The molecule has 1 N–H and O–H groups in total. The molecule has 0 aliphatic heterocycles. The van der Waals surface area contributed by atoms with Crippen LogP contribution < -0.4 is 0 Å². The van der Waals surface area contributed by atoms with E-state index in [2.05, 4.69) is 65.8 Å². The van der Waals surface area contributed by atoms with E-state index in [4.69, 9.17) is 0 Å². The van der Waals surface area contributed by atoms with Gasteiger partial charge in [-0.05, 0) is 52.7 Å². The molecule has 0 aliphatic carbocycles. The topological polar surface area (TPSA) is 20.2 Å². The minimum Gasteiger partial charge on any atom is -0.377 e. The molecule has 1 nitrogen and oxygen atoms in total. The number of rotatable bonds is 4. The summed E-state index contributed by atoms with van der Waals surface area (Å²) in [6, 6.07) is 20.3. The van der Waals surface area contributed by atoms with E-state index in [9.17, 15) is 5.11 Å². The first-order valence-corrected chi connectivity index (χ1v) is 11.6. The van der Waals surface area contributed by atoms with Gasteiger partial charge in [0.05, 0.1) is 16.5 Å². The molecule has 2 aromatic carbocycles. The van der Waals surface area contributed by atoms with Gasteiger partial charge in [0.25, 0.3) is 0 Å². The zero-order chi connectivity index (χ0) is 20.7. The molecule has 0 saturated carbocycles. The van der Waals surface area contributed by atoms with Gasteiger partial charge in [-0.1, -0.05) is 60.7 Å². The van der Waals surface area contributed by atoms with Crippen LogP contribution in [0.25, 0.3) is 0 Å². The fourth-order valence-corrected chi connectivity index (χ4v) is 7.94. The molecule has 0 saturated heterocycles. The van der Waals surface area contributed by atoms with Crippen molar-refractivity contribution in [3.8, 4) is 0 Å². The fraction of sp³-hybridized carbons (Fsp3) is 0.480. The maximum Gasteiger partial charge on any atom is 0.148 e. The average molecular weight is 445 g/mol. The van der Waals surface area contributed by atoms with Gasteiger partial charge in [0.1, 0.15) is 5.60 Å². The maximum atomic E-state index is 11.9. The SMILES string of the molecule is CC(C)(C)[PH+](CC(O)(c1ccccc1)c1ccccc1)C(C)(C)C.C[CH-]C.[Ni]. The zero-order valence-electron chi connectivity index (χ0n) is 18.8. The van der Waals surface area contributed by atoms with Crippen LogP contribution in [-0.2, 0) is 22.1 Å². The monoisotopic (exact) mass is 444 g/mol. The molecule has 160 valence electrons. The van der Waals surface area contributed by atoms with Gasteiger partial charge in [0.2, 0.25) is 0 Å². The van der Waals surface area contributed by atoms with E-state index in [1.54, 1.807) is 0 Å². The second kappa shape index (κ2) is 11.5. The van der Waals surface area contributed by atoms with Crippen molar-refractivity contribution in [3.63, 3.8) is 0 Å². The van der Waals surface area contributed by atoms with Crippen LogP contribution >= 0.6 is 7.92 Å². The first-order valence-electron chi connectivity index (χ1n) is 9.91. The molecule has 0 fully saturated rings. The Kier molecular flexibility index (Phi) is 11.2. The van der Waals surface area contributed by atoms with Crippen LogP contribution in [0, 0.1) is 6.42 Å². The summed E-state index contributed by atoms with van der Waals surface area (Å²) in [4.78, 5) is 0. The fourth-order valence-electron chi connectivity index (χ4n) is 3.71. The number of aliphatic hydroxyl groups is 1. The smallest absolute Gasteiger partial charge is 0.148 e. The van der Waals surface area contributed by atoms with Gasteiger partial charge in [0, 0.05) is 24.4 Å². The van der Waals surface area contributed by atoms with Gasteiger partial charge in [-0.15, -0.1) is 0 Å². The minimum atomic E-state index is -0.933. The molecule has 3 heteroatoms. The molecule has 0 aromatic heterocycles. The first-order chi connectivity index (χ1) is 12.5. The molecule has 0 aliphatic rings. The van der Waals surface area contributed by atoms with Crippen molar-refractivity contribution in [3.05, 3.63) is 78.2 Å². The number of hydrogen-bond donors (Lipinski definition) is 1. The largest absolute Gasteiger partial charge is 0.377 e. The predicted molar refractivity (Wildman–Crippen MR) is 124 cm³/mol. The Bertz CT molecular complexity index is 603. The van der Waals surface area contributed by atoms with Crippen LogP contribution in [0.5, 0.6) is 0 Å². The summed E-state index contributed by atoms with van der Waals surface area (Å²) in [7, 11) is -0.876. The second-order valence-electron chi connectivity index (χ2n) is 9.33. The van der Waals surface area contributed by atoms with Crippen molar-refractivity contribution in [2.45, 2.75) is 71.3 Å². The van der Waals surface area contributed by atoms with E-state index >= 15 is 0 Å². The first kappa shape index (κ1) is 27.3. The van der Waals surface area contributed by atoms with Crippen molar-refractivity contribution in [2.75, 3.05) is 6.16 Å². The molecule has 0 atom stereocenters. The molecular weight excluding hydrogens is 406 g/mol. The molecule has 0 heterocycles. The van der Waals surface area contributed by atoms with Crippen LogP contribution in [0.15, 0.2) is 60.7 Å². The summed E-state index contributed by atoms with van der Waals surface area (Å²) in [5.74, 6) is 0. The molecule has 0 amide bonds. The van der Waals surface area contributed by atoms with E-state index < -0.39 is 13.5 Å². The van der Waals surface area contributed by atoms with Crippen LogP contribution in [-0.4, -0.2) is 21.6 Å². The standard InChI is InChI=1S/C22H31OP.C3H7.Ni/c1-20(2,3)24(21(4,5)6)17-22(23,18-13-9-7-10-14-18)19-15-11-8-12-16-19;1-3-2;/h7-16,23H,17H2,1-6H3;3H,1-2H3;/q;-1;/p+1. The second-order valence-corrected chi connectivity index (χ2v) is 13.6. The molecule has 2 aromatic rings. The molecule has 0 radical (unpaired) electrons. The molecule has 2 rings (SSSR count). The zero-order valence-corrected chi connectivity index (χ0v) is 20.8. The van der Waals surface area contributed by atoms with Gasteiger partial charge >= 0.3 is 0 Å². The summed E-state index contributed by atoms with van der Waals surface area (Å²) in [6.45, 7) is 17.9. The number of benzene rings is 2. The molecule has 0 unspecified atom stereocenters. The Labute approximate surface area is 185 Å². The van der Waals surface area contributed by atoms with Crippen LogP contribution in [0.1, 0.15) is 66.5 Å². The van der Waals surface area contributed by atoms with E-state index in [0.29, 0.717) is 0 Å². The third-order valence-electron chi connectivity index (χ3n) is 4.75. The summed E-state index contributed by atoms with van der Waals surface area (Å²) in [5, 5.41) is 12.3. The Morgan fingerprint density at radius 2 is 1.00 bits per heavy atom. The van der Waals surface area contributed by atoms with Gasteiger partial charge in [-0.2, -0.15) is 13.8 Å². The predicted octanol–water partition coefficient (Wildman–Crippen LogP) is 6.96. The minimum absolute atomic E-state index is 0. The third kappa shape index (κ3) is 7.63. The van der Waals surface area contributed by atoms with E-state index in [-0.39, 0.29) is 26.8 Å². The Morgan fingerprint density at radius 3 is 1.25 bits per heavy atom. The van der Waals surface area contributed by atoms with Gasteiger partial charge in [-0.25, -0.2) is 0 Å². The molecule has 0 spiro atoms. The van der Waals surface area contributed by atoms with Gasteiger partial charge < -0.3 is 11.5 Å². The summed E-state index contributed by atoms with van der Waals surface area (Å²) in [5.41, 5.74) is 1.05. The van der Waals surface area contributed by atoms with Gasteiger partial charge in [0.15, 0.2) is 0 Å². The quantitative estimate of drug-likeness (QED) is 0.307. The van der Waals surface area contributed by atoms with Crippen molar-refractivity contribution >= 4 is 7.92 Å². The average Bonchev–Trinajstić information content (AvgIpc) is 2.60. The van der Waals surface area contributed by atoms with Crippen LogP contribution in [0.2, 0.25) is 0 Å². The number of hydrogen-bond acceptors (Lipinski definition) is 1. The van der Waals surface area contributed by atoms with Crippen molar-refractivity contribution in [1.29, 1.82) is 0 Å². The Morgan fingerprint density at radius 1 is 0.714 bits per heavy atom. The van der Waals surface area contributed by atoms with Crippen LogP contribution in [0.3, 0.4) is 0 Å². The van der Waals surface area contributed by atoms with E-state index in [1.165, 1.54) is 0 Å². The molecule has 28 heavy (non-hydrogen) atoms. The Hall–Kier alpha value is -0.676.